The second kappa shape index (κ2) is 8.84. The minimum absolute atomic E-state index is 0.0277. The van der Waals surface area contributed by atoms with E-state index in [2.05, 4.69) is 20.9 Å². The van der Waals surface area contributed by atoms with Gasteiger partial charge >= 0.3 is 0 Å². The van der Waals surface area contributed by atoms with Crippen LogP contribution in [0.1, 0.15) is 11.6 Å². The third kappa shape index (κ3) is 4.29. The summed E-state index contributed by atoms with van der Waals surface area (Å²) >= 11 is 5.77. The molecule has 1 saturated heterocycles. The lowest BCUT2D eigenvalue weighted by Gasteiger charge is -2.38. The lowest BCUT2D eigenvalue weighted by molar-refractivity contribution is 0.221. The maximum atomic E-state index is 13.9. The van der Waals surface area contributed by atoms with E-state index in [1.54, 1.807) is 18.2 Å². The minimum atomic E-state index is -0.582. The van der Waals surface area contributed by atoms with Crippen LogP contribution in [0.15, 0.2) is 48.8 Å². The normalized spacial score (nSPS) is 15.5. The number of rotatable bonds is 4. The number of hydrogen-bond acceptors (Lipinski definition) is 6. The van der Waals surface area contributed by atoms with E-state index >= 15 is 0 Å². The van der Waals surface area contributed by atoms with E-state index in [4.69, 9.17) is 17.3 Å². The smallest absolute Gasteiger partial charge is 0.142 e. The van der Waals surface area contributed by atoms with E-state index in [0.29, 0.717) is 48.9 Å². The Balaban J connectivity index is 1.55. The largest absolute Gasteiger partial charge is 0.383 e. The number of hydrogen-bond donors (Lipinski definition) is 1. The molecule has 31 heavy (non-hydrogen) atoms. The van der Waals surface area contributed by atoms with E-state index in [9.17, 15) is 14.0 Å². The summed E-state index contributed by atoms with van der Waals surface area (Å²) in [5, 5.41) is 9.73. The van der Waals surface area contributed by atoms with Gasteiger partial charge in [0.25, 0.3) is 0 Å². The number of nitriles is 1. The van der Waals surface area contributed by atoms with Gasteiger partial charge in [0.15, 0.2) is 0 Å². The molecule has 3 aromatic rings. The molecule has 2 aromatic carbocycles. The number of piperazine rings is 1. The minimum Gasteiger partial charge on any atom is -0.383 e. The van der Waals surface area contributed by atoms with Crippen molar-refractivity contribution in [1.82, 2.24) is 14.9 Å². The summed E-state index contributed by atoms with van der Waals surface area (Å²) in [5.74, 6) is 0.0874. The predicted molar refractivity (Wildman–Crippen MR) is 115 cm³/mol. The summed E-state index contributed by atoms with van der Waals surface area (Å²) in [6.07, 6.45) is 1.40. The highest BCUT2D eigenvalue weighted by Gasteiger charge is 2.28. The zero-order chi connectivity index (χ0) is 22.0. The Bertz CT molecular complexity index is 1120. The molecule has 1 aromatic heterocycles. The van der Waals surface area contributed by atoms with Crippen LogP contribution in [0.25, 0.3) is 11.1 Å². The monoisotopic (exact) mass is 440 g/mol. The molecule has 0 aliphatic carbocycles. The lowest BCUT2D eigenvalue weighted by Crippen LogP contribution is -2.48. The highest BCUT2D eigenvalue weighted by atomic mass is 35.5. The fourth-order valence-electron chi connectivity index (χ4n) is 3.76. The van der Waals surface area contributed by atoms with Crippen LogP contribution in [0.3, 0.4) is 0 Å². The number of anilines is 2. The molecule has 0 bridgehead atoms. The zero-order valence-corrected chi connectivity index (χ0v) is 17.2. The van der Waals surface area contributed by atoms with Crippen LogP contribution in [0.5, 0.6) is 0 Å². The summed E-state index contributed by atoms with van der Waals surface area (Å²) in [5.41, 5.74) is 8.06. The predicted octanol–water partition coefficient (Wildman–Crippen LogP) is 4.04. The lowest BCUT2D eigenvalue weighted by atomic mass is 10.0. The quantitative estimate of drug-likeness (QED) is 0.659. The van der Waals surface area contributed by atoms with Crippen LogP contribution in [0.2, 0.25) is 5.02 Å². The van der Waals surface area contributed by atoms with Gasteiger partial charge in [-0.1, -0.05) is 29.8 Å². The molecular weight excluding hydrogens is 422 g/mol. The van der Waals surface area contributed by atoms with Crippen molar-refractivity contribution in [2.45, 2.75) is 6.04 Å². The molecule has 0 amide bonds. The summed E-state index contributed by atoms with van der Waals surface area (Å²) in [6.45, 7) is 2.29. The number of benzene rings is 2. The molecule has 2 N–H and O–H groups in total. The first-order chi connectivity index (χ1) is 15.0. The van der Waals surface area contributed by atoms with Crippen molar-refractivity contribution in [2.24, 2.45) is 0 Å². The molecule has 4 rings (SSSR count). The molecule has 158 valence electrons. The number of nitrogens with zero attached hydrogens (tertiary/aromatic N) is 5. The maximum absolute atomic E-state index is 13.9. The van der Waals surface area contributed by atoms with E-state index in [-0.39, 0.29) is 10.8 Å². The van der Waals surface area contributed by atoms with Gasteiger partial charge in [-0.3, -0.25) is 4.90 Å². The second-order valence-electron chi connectivity index (χ2n) is 7.19. The van der Waals surface area contributed by atoms with Crippen LogP contribution in [0.4, 0.5) is 20.4 Å². The Morgan fingerprint density at radius 2 is 1.74 bits per heavy atom. The highest BCUT2D eigenvalue weighted by Crippen LogP contribution is 2.34. The van der Waals surface area contributed by atoms with Crippen molar-refractivity contribution in [2.75, 3.05) is 36.8 Å². The average Bonchev–Trinajstić information content (AvgIpc) is 2.78. The van der Waals surface area contributed by atoms with Crippen molar-refractivity contribution in [3.63, 3.8) is 0 Å². The standard InChI is InChI=1S/C22H19ClF2N6/c23-17-6-3-15(11-18(17)25)19(12-26)30-7-9-31(10-8-30)22-20(21(27)28-13-29-22)14-1-4-16(24)5-2-14/h1-6,11,13,19H,7-10H2,(H2,27,28,29). The SMILES string of the molecule is N#CC(c1ccc(Cl)c(F)c1)N1CCN(c2ncnc(N)c2-c2ccc(F)cc2)CC1. The van der Waals surface area contributed by atoms with E-state index < -0.39 is 11.9 Å². The van der Waals surface area contributed by atoms with Gasteiger partial charge in [-0.15, -0.1) is 0 Å². The Labute approximate surface area is 183 Å². The van der Waals surface area contributed by atoms with Crippen molar-refractivity contribution in [3.05, 3.63) is 71.0 Å². The Morgan fingerprint density at radius 1 is 1.03 bits per heavy atom. The molecule has 1 aliphatic heterocycles. The molecule has 0 saturated carbocycles. The topological polar surface area (TPSA) is 82.1 Å². The Hall–Kier alpha value is -3.28. The van der Waals surface area contributed by atoms with Gasteiger partial charge in [-0.25, -0.2) is 18.7 Å². The van der Waals surface area contributed by atoms with Gasteiger partial charge < -0.3 is 10.6 Å². The van der Waals surface area contributed by atoms with Gasteiger partial charge in [-0.05, 0) is 35.4 Å². The first-order valence-corrected chi connectivity index (χ1v) is 10.1. The van der Waals surface area contributed by atoms with Gasteiger partial charge in [0.05, 0.1) is 16.7 Å². The number of nitrogen functional groups attached to an aromatic ring is 1. The van der Waals surface area contributed by atoms with Crippen molar-refractivity contribution in [3.8, 4) is 17.2 Å². The molecule has 0 radical (unpaired) electrons. The number of nitrogens with two attached hydrogens (primary N) is 1. The molecule has 6 nitrogen and oxygen atoms in total. The van der Waals surface area contributed by atoms with Crippen LogP contribution in [-0.4, -0.2) is 41.0 Å². The number of aromatic nitrogens is 2. The summed E-state index contributed by atoms with van der Waals surface area (Å²) < 4.78 is 27.2. The van der Waals surface area contributed by atoms with Crippen molar-refractivity contribution in [1.29, 1.82) is 5.26 Å². The van der Waals surface area contributed by atoms with E-state index in [1.807, 2.05) is 4.90 Å². The van der Waals surface area contributed by atoms with Crippen molar-refractivity contribution < 1.29 is 8.78 Å². The number of halogens is 3. The first kappa shape index (κ1) is 21.0. The maximum Gasteiger partial charge on any atom is 0.142 e. The fourth-order valence-corrected chi connectivity index (χ4v) is 3.88. The zero-order valence-electron chi connectivity index (χ0n) is 16.5. The van der Waals surface area contributed by atoms with Crippen LogP contribution < -0.4 is 10.6 Å². The Kier molecular flexibility index (Phi) is 5.98. The van der Waals surface area contributed by atoms with Crippen LogP contribution in [-0.2, 0) is 0 Å². The molecule has 1 aliphatic rings. The van der Waals surface area contributed by atoms with Gasteiger partial charge in [0.2, 0.25) is 0 Å². The third-order valence-corrected chi connectivity index (χ3v) is 5.66. The molecule has 1 unspecified atom stereocenters. The first-order valence-electron chi connectivity index (χ1n) is 9.68. The van der Waals surface area contributed by atoms with Crippen LogP contribution >= 0.6 is 11.6 Å². The summed E-state index contributed by atoms with van der Waals surface area (Å²) in [7, 11) is 0. The van der Waals surface area contributed by atoms with Gasteiger partial charge in [0.1, 0.15) is 35.6 Å². The van der Waals surface area contributed by atoms with Crippen molar-refractivity contribution >= 4 is 23.2 Å². The molecule has 9 heteroatoms. The average molecular weight is 441 g/mol. The van der Waals surface area contributed by atoms with Gasteiger partial charge in [-0.2, -0.15) is 5.26 Å². The van der Waals surface area contributed by atoms with E-state index in [0.717, 1.165) is 5.56 Å². The van der Waals surface area contributed by atoms with E-state index in [1.165, 1.54) is 30.6 Å². The highest BCUT2D eigenvalue weighted by molar-refractivity contribution is 6.30. The Morgan fingerprint density at radius 3 is 2.39 bits per heavy atom. The second-order valence-corrected chi connectivity index (χ2v) is 7.60. The fraction of sp³-hybridized carbons (Fsp3) is 0.227. The molecular formula is C22H19ClF2N6. The molecule has 0 spiro atoms. The third-order valence-electron chi connectivity index (χ3n) is 5.35. The van der Waals surface area contributed by atoms with Gasteiger partial charge in [0, 0.05) is 26.2 Å². The molecule has 2 heterocycles. The molecule has 1 atom stereocenters. The summed E-state index contributed by atoms with van der Waals surface area (Å²) in [4.78, 5) is 12.6. The van der Waals surface area contributed by atoms with Crippen LogP contribution in [0, 0.1) is 23.0 Å². The summed E-state index contributed by atoms with van der Waals surface area (Å²) in [6, 6.07) is 12.1. The molecule has 1 fully saturated rings.